The number of fused-ring (bicyclic) bond motifs is 2. The normalized spacial score (nSPS) is 32.2. The number of ether oxygens (including phenoxy) is 2. The van der Waals surface area contributed by atoms with E-state index < -0.39 is 12.6 Å². The molecule has 2 unspecified atom stereocenters. The molecule has 2 fully saturated rings. The molecule has 7 atom stereocenters. The SMILES string of the molecule is CCCCC[C@@H](O)CC[C@@H]1[C@H]2CC3=CC=CC(OCC(=O)OCCCF)C3C[C@H]2C[C@H]1O. The lowest BCUT2D eigenvalue weighted by molar-refractivity contribution is -0.151. The first kappa shape index (κ1) is 25.4. The molecular formula is C26H41FO5. The second-order valence-electron chi connectivity index (χ2n) is 9.83. The lowest BCUT2D eigenvalue weighted by Gasteiger charge is -2.40. The summed E-state index contributed by atoms with van der Waals surface area (Å²) >= 11 is 0. The molecule has 2 saturated carbocycles. The van der Waals surface area contributed by atoms with Crippen LogP contribution in [0.1, 0.15) is 71.1 Å². The highest BCUT2D eigenvalue weighted by Gasteiger charge is 2.48. The van der Waals surface area contributed by atoms with Crippen LogP contribution in [0.15, 0.2) is 23.8 Å². The average molecular weight is 453 g/mol. The van der Waals surface area contributed by atoms with Crippen LogP contribution in [0, 0.1) is 23.7 Å². The van der Waals surface area contributed by atoms with Gasteiger partial charge in [-0.05, 0) is 56.3 Å². The zero-order valence-corrected chi connectivity index (χ0v) is 19.5. The van der Waals surface area contributed by atoms with Crippen molar-refractivity contribution in [1.82, 2.24) is 0 Å². The Morgan fingerprint density at radius 1 is 1.25 bits per heavy atom. The van der Waals surface area contributed by atoms with E-state index in [1.54, 1.807) is 0 Å². The van der Waals surface area contributed by atoms with Crippen molar-refractivity contribution in [2.75, 3.05) is 19.9 Å². The molecule has 0 aromatic rings. The van der Waals surface area contributed by atoms with Crippen LogP contribution in [-0.4, -0.2) is 54.4 Å². The van der Waals surface area contributed by atoms with Gasteiger partial charge < -0.3 is 19.7 Å². The summed E-state index contributed by atoms with van der Waals surface area (Å²) in [6, 6.07) is 0. The lowest BCUT2D eigenvalue weighted by Crippen LogP contribution is -2.36. The summed E-state index contributed by atoms with van der Waals surface area (Å²) in [4.78, 5) is 11.8. The number of allylic oxidation sites excluding steroid dienone is 2. The predicted octanol–water partition coefficient (Wildman–Crippen LogP) is 4.52. The molecule has 0 radical (unpaired) electrons. The minimum absolute atomic E-state index is 0.0874. The minimum atomic E-state index is -0.497. The molecule has 5 nitrogen and oxygen atoms in total. The largest absolute Gasteiger partial charge is 0.464 e. The molecule has 0 saturated heterocycles. The minimum Gasteiger partial charge on any atom is -0.464 e. The van der Waals surface area contributed by atoms with Gasteiger partial charge in [-0.15, -0.1) is 0 Å². The van der Waals surface area contributed by atoms with Gasteiger partial charge in [0.25, 0.3) is 0 Å². The highest BCUT2D eigenvalue weighted by Crippen LogP contribution is 2.52. The van der Waals surface area contributed by atoms with Crippen molar-refractivity contribution in [1.29, 1.82) is 0 Å². The first-order valence-corrected chi connectivity index (χ1v) is 12.6. The molecule has 0 spiro atoms. The third kappa shape index (κ3) is 6.88. The van der Waals surface area contributed by atoms with E-state index in [1.807, 2.05) is 12.2 Å². The Balaban J connectivity index is 1.50. The van der Waals surface area contributed by atoms with Crippen molar-refractivity contribution in [2.45, 2.75) is 89.4 Å². The van der Waals surface area contributed by atoms with E-state index in [0.29, 0.717) is 11.8 Å². The summed E-state index contributed by atoms with van der Waals surface area (Å²) in [5.41, 5.74) is 1.34. The van der Waals surface area contributed by atoms with Crippen LogP contribution in [0.25, 0.3) is 0 Å². The highest BCUT2D eigenvalue weighted by atomic mass is 19.1. The van der Waals surface area contributed by atoms with Gasteiger partial charge in [-0.3, -0.25) is 4.39 Å². The number of aliphatic hydroxyl groups excluding tert-OH is 2. The van der Waals surface area contributed by atoms with E-state index >= 15 is 0 Å². The van der Waals surface area contributed by atoms with Gasteiger partial charge in [0.1, 0.15) is 6.61 Å². The fourth-order valence-corrected chi connectivity index (χ4v) is 5.93. The summed E-state index contributed by atoms with van der Waals surface area (Å²) in [6.45, 7) is 1.64. The van der Waals surface area contributed by atoms with Gasteiger partial charge in [0.2, 0.25) is 0 Å². The van der Waals surface area contributed by atoms with Crippen LogP contribution in [0.2, 0.25) is 0 Å². The number of unbranched alkanes of at least 4 members (excludes halogenated alkanes) is 2. The zero-order valence-electron chi connectivity index (χ0n) is 19.5. The van der Waals surface area contributed by atoms with Gasteiger partial charge in [-0.2, -0.15) is 0 Å². The second kappa shape index (κ2) is 12.9. The average Bonchev–Trinajstić information content (AvgIpc) is 3.09. The molecule has 32 heavy (non-hydrogen) atoms. The van der Waals surface area contributed by atoms with E-state index in [-0.39, 0.29) is 49.8 Å². The predicted molar refractivity (Wildman–Crippen MR) is 122 cm³/mol. The summed E-state index contributed by atoms with van der Waals surface area (Å²) in [6.07, 6.45) is 14.3. The summed E-state index contributed by atoms with van der Waals surface area (Å²) in [5, 5.41) is 21.1. The Morgan fingerprint density at radius 2 is 2.09 bits per heavy atom. The van der Waals surface area contributed by atoms with E-state index in [1.165, 1.54) is 5.57 Å². The number of hydrogen-bond donors (Lipinski definition) is 2. The number of rotatable bonds is 13. The van der Waals surface area contributed by atoms with E-state index in [0.717, 1.165) is 57.8 Å². The Labute approximate surface area is 192 Å². The van der Waals surface area contributed by atoms with Crippen LogP contribution in [-0.2, 0) is 14.3 Å². The first-order chi connectivity index (χ1) is 15.5. The molecule has 6 heteroatoms. The highest BCUT2D eigenvalue weighted by molar-refractivity contribution is 5.70. The molecule has 3 rings (SSSR count). The molecule has 0 heterocycles. The van der Waals surface area contributed by atoms with Gasteiger partial charge in [-0.1, -0.05) is 50.0 Å². The number of hydrogen-bond acceptors (Lipinski definition) is 5. The second-order valence-corrected chi connectivity index (χ2v) is 9.83. The Kier molecular flexibility index (Phi) is 10.2. The number of halogens is 1. The van der Waals surface area contributed by atoms with Gasteiger partial charge in [0, 0.05) is 12.3 Å². The number of alkyl halides is 1. The molecule has 0 bridgehead atoms. The molecule has 182 valence electrons. The maximum Gasteiger partial charge on any atom is 0.332 e. The van der Waals surface area contributed by atoms with E-state index in [9.17, 15) is 19.4 Å². The third-order valence-corrected chi connectivity index (χ3v) is 7.61. The molecule has 0 aromatic heterocycles. The summed E-state index contributed by atoms with van der Waals surface area (Å²) in [5.74, 6) is 0.922. The van der Waals surface area contributed by atoms with Crippen molar-refractivity contribution in [3.63, 3.8) is 0 Å². The van der Waals surface area contributed by atoms with Gasteiger partial charge >= 0.3 is 5.97 Å². The molecular weight excluding hydrogens is 411 g/mol. The van der Waals surface area contributed by atoms with Crippen molar-refractivity contribution in [3.8, 4) is 0 Å². The van der Waals surface area contributed by atoms with Crippen LogP contribution < -0.4 is 0 Å². The molecule has 3 aliphatic rings. The third-order valence-electron chi connectivity index (χ3n) is 7.61. The van der Waals surface area contributed by atoms with Crippen LogP contribution in [0.4, 0.5) is 4.39 Å². The number of carbonyl (C=O) groups excluding carboxylic acids is 1. The van der Waals surface area contributed by atoms with Gasteiger partial charge in [0.05, 0.1) is 31.6 Å². The molecule has 0 aromatic carbocycles. The molecule has 0 aliphatic heterocycles. The van der Waals surface area contributed by atoms with Crippen LogP contribution in [0.5, 0.6) is 0 Å². The standard InChI is InChI=1S/C26H41FO5/c1-2-3-4-8-20(28)10-11-21-22-14-18-7-5-9-25(23(18)15-19(22)16-24(21)29)32-17-26(30)31-13-6-12-27/h5,7,9,19-25,28-29H,2-4,6,8,10-17H2,1H3/t19-,20+,21+,22-,23?,24+,25?/m0/s1. The van der Waals surface area contributed by atoms with Crippen LogP contribution in [0.3, 0.4) is 0 Å². The van der Waals surface area contributed by atoms with E-state index in [2.05, 4.69) is 13.0 Å². The van der Waals surface area contributed by atoms with Gasteiger partial charge in [-0.25, -0.2) is 4.79 Å². The Bertz CT molecular complexity index is 648. The van der Waals surface area contributed by atoms with Crippen molar-refractivity contribution in [2.24, 2.45) is 23.7 Å². The molecule has 3 aliphatic carbocycles. The van der Waals surface area contributed by atoms with Crippen molar-refractivity contribution >= 4 is 5.97 Å². The maximum absolute atomic E-state index is 12.2. The maximum atomic E-state index is 12.2. The van der Waals surface area contributed by atoms with Crippen molar-refractivity contribution in [3.05, 3.63) is 23.8 Å². The zero-order chi connectivity index (χ0) is 22.9. The van der Waals surface area contributed by atoms with E-state index in [4.69, 9.17) is 9.47 Å². The molecule has 0 amide bonds. The number of carbonyl (C=O) groups is 1. The summed E-state index contributed by atoms with van der Waals surface area (Å²) in [7, 11) is 0. The smallest absolute Gasteiger partial charge is 0.332 e. The monoisotopic (exact) mass is 452 g/mol. The fourth-order valence-electron chi connectivity index (χ4n) is 5.93. The fraction of sp³-hybridized carbons (Fsp3) is 0.808. The summed E-state index contributed by atoms with van der Waals surface area (Å²) < 4.78 is 23.0. The topological polar surface area (TPSA) is 76.0 Å². The Morgan fingerprint density at radius 3 is 2.88 bits per heavy atom. The number of esters is 1. The van der Waals surface area contributed by atoms with Gasteiger partial charge in [0.15, 0.2) is 0 Å². The Hall–Kier alpha value is -1.24. The first-order valence-electron chi connectivity index (χ1n) is 12.6. The van der Waals surface area contributed by atoms with Crippen LogP contribution >= 0.6 is 0 Å². The quantitative estimate of drug-likeness (QED) is 0.318. The number of aliphatic hydroxyl groups is 2. The lowest BCUT2D eigenvalue weighted by atomic mass is 9.67. The molecule has 2 N–H and O–H groups in total. The van der Waals surface area contributed by atoms with Crippen molar-refractivity contribution < 1.29 is 28.9 Å².